The number of nitrogens with zero attached hydrogens (tertiary/aromatic N) is 2. The van der Waals surface area contributed by atoms with Gasteiger partial charge in [-0.15, -0.1) is 0 Å². The van der Waals surface area contributed by atoms with Crippen molar-refractivity contribution in [1.29, 1.82) is 0 Å². The number of rotatable bonds is 6. The number of aromatic nitrogens is 1. The van der Waals surface area contributed by atoms with Crippen molar-refractivity contribution in [3.05, 3.63) is 64.1 Å². The number of nitrogens with one attached hydrogen (secondary N) is 1. The van der Waals surface area contributed by atoms with Gasteiger partial charge in [0.25, 0.3) is 0 Å². The lowest BCUT2D eigenvalue weighted by Crippen LogP contribution is -2.33. The summed E-state index contributed by atoms with van der Waals surface area (Å²) < 4.78 is 12.3. The Balaban J connectivity index is 1.69. The highest BCUT2D eigenvalue weighted by Crippen LogP contribution is 2.24. The molecule has 3 rings (SSSR count). The van der Waals surface area contributed by atoms with Crippen molar-refractivity contribution >= 4 is 44.7 Å². The van der Waals surface area contributed by atoms with E-state index in [2.05, 4.69) is 26.2 Å². The van der Waals surface area contributed by atoms with E-state index < -0.39 is 5.60 Å². The van der Waals surface area contributed by atoms with Crippen LogP contribution in [0.15, 0.2) is 53.0 Å². The average molecular weight is 514 g/mol. The number of hydrogen-bond donors (Lipinski definition) is 1. The van der Waals surface area contributed by atoms with Crippen molar-refractivity contribution in [2.75, 3.05) is 12.4 Å². The number of hydrogen-bond acceptors (Lipinski definition) is 5. The van der Waals surface area contributed by atoms with Gasteiger partial charge in [0.15, 0.2) is 0 Å². The van der Waals surface area contributed by atoms with Gasteiger partial charge in [0, 0.05) is 30.4 Å². The molecule has 0 unspecified atom stereocenters. The number of carbonyl (C=O) groups excluding carboxylic acids is 2. The van der Waals surface area contributed by atoms with Crippen LogP contribution in [0.4, 0.5) is 10.6 Å². The highest BCUT2D eigenvalue weighted by atomic mass is 79.9. The third-order valence-electron chi connectivity index (χ3n) is 4.52. The minimum atomic E-state index is -0.547. The summed E-state index contributed by atoms with van der Waals surface area (Å²) in [5.74, 6) is 1.03. The van der Waals surface area contributed by atoms with Crippen molar-refractivity contribution in [2.24, 2.45) is 0 Å². The molecule has 33 heavy (non-hydrogen) atoms. The zero-order chi connectivity index (χ0) is 24.2. The first kappa shape index (κ1) is 24.5. The van der Waals surface area contributed by atoms with E-state index in [0.29, 0.717) is 24.7 Å². The van der Waals surface area contributed by atoms with E-state index in [1.807, 2.05) is 63.2 Å². The maximum Gasteiger partial charge on any atom is 0.410 e. The van der Waals surface area contributed by atoms with Gasteiger partial charge in [-0.3, -0.25) is 4.79 Å². The molecule has 0 fully saturated rings. The number of ether oxygens (including phenoxy) is 2. The molecule has 0 spiro atoms. The zero-order valence-corrected chi connectivity index (χ0v) is 21.0. The van der Waals surface area contributed by atoms with E-state index in [1.54, 1.807) is 13.1 Å². The van der Waals surface area contributed by atoms with Crippen LogP contribution in [0.1, 0.15) is 38.8 Å². The number of benzene rings is 2. The standard InChI is InChI=1S/C25H28BrN3O4/c1-16(30)27-23-9-8-19-7-6-17(12-22(19)28-23)15-32-21-11-18(10-20(26)13-21)14-29(5)24(31)33-25(2,3)4/h6-13H,14-15H2,1-5H3,(H,27,28,30). The van der Waals surface area contributed by atoms with Crippen molar-refractivity contribution < 1.29 is 19.1 Å². The van der Waals surface area contributed by atoms with Gasteiger partial charge < -0.3 is 19.7 Å². The molecule has 7 nitrogen and oxygen atoms in total. The molecule has 0 radical (unpaired) electrons. The van der Waals surface area contributed by atoms with E-state index >= 15 is 0 Å². The Labute approximate surface area is 202 Å². The summed E-state index contributed by atoms with van der Waals surface area (Å²) in [6.07, 6.45) is -0.382. The fourth-order valence-corrected chi connectivity index (χ4v) is 3.66. The van der Waals surface area contributed by atoms with Crippen molar-refractivity contribution in [3.63, 3.8) is 0 Å². The number of halogens is 1. The maximum atomic E-state index is 12.3. The molecule has 0 aliphatic carbocycles. The molecule has 0 saturated carbocycles. The molecule has 8 heteroatoms. The second-order valence-electron chi connectivity index (χ2n) is 8.82. The van der Waals surface area contributed by atoms with Crippen LogP contribution >= 0.6 is 15.9 Å². The largest absolute Gasteiger partial charge is 0.489 e. The molecule has 2 amide bonds. The Bertz CT molecular complexity index is 1170. The second-order valence-corrected chi connectivity index (χ2v) is 9.74. The molecule has 1 heterocycles. The van der Waals surface area contributed by atoms with Gasteiger partial charge in [-0.05, 0) is 68.3 Å². The summed E-state index contributed by atoms with van der Waals surface area (Å²) in [6.45, 7) is 7.70. The van der Waals surface area contributed by atoms with E-state index in [-0.39, 0.29) is 12.0 Å². The van der Waals surface area contributed by atoms with Crippen LogP contribution in [0.5, 0.6) is 5.75 Å². The van der Waals surface area contributed by atoms with E-state index in [9.17, 15) is 9.59 Å². The topological polar surface area (TPSA) is 80.8 Å². The molecule has 3 aromatic rings. The lowest BCUT2D eigenvalue weighted by atomic mass is 10.1. The average Bonchev–Trinajstić information content (AvgIpc) is 2.70. The predicted octanol–water partition coefficient (Wildman–Crippen LogP) is 5.90. The molecule has 0 bridgehead atoms. The first-order valence-corrected chi connectivity index (χ1v) is 11.3. The first-order valence-electron chi connectivity index (χ1n) is 10.5. The summed E-state index contributed by atoms with van der Waals surface area (Å²) in [6, 6.07) is 15.3. The van der Waals surface area contributed by atoms with Gasteiger partial charge in [-0.2, -0.15) is 0 Å². The fourth-order valence-electron chi connectivity index (χ4n) is 3.14. The maximum absolute atomic E-state index is 12.3. The van der Waals surface area contributed by atoms with Crippen molar-refractivity contribution in [2.45, 2.75) is 46.4 Å². The Hall–Kier alpha value is -3.13. The van der Waals surface area contributed by atoms with Gasteiger partial charge in [-0.25, -0.2) is 9.78 Å². The van der Waals surface area contributed by atoms with Crippen LogP contribution in [-0.2, 0) is 22.7 Å². The molecule has 0 aliphatic heterocycles. The quantitative estimate of drug-likeness (QED) is 0.443. The summed E-state index contributed by atoms with van der Waals surface area (Å²) >= 11 is 3.52. The summed E-state index contributed by atoms with van der Waals surface area (Å²) in [5, 5.41) is 3.67. The number of pyridine rings is 1. The molecule has 1 N–H and O–H groups in total. The van der Waals surface area contributed by atoms with Crippen LogP contribution in [-0.4, -0.2) is 34.5 Å². The highest BCUT2D eigenvalue weighted by Gasteiger charge is 2.20. The van der Waals surface area contributed by atoms with Crippen LogP contribution in [0.3, 0.4) is 0 Å². The number of fused-ring (bicyclic) bond motifs is 1. The van der Waals surface area contributed by atoms with Crippen LogP contribution < -0.4 is 10.1 Å². The summed E-state index contributed by atoms with van der Waals surface area (Å²) in [4.78, 5) is 29.6. The molecular weight excluding hydrogens is 486 g/mol. The van der Waals surface area contributed by atoms with Crippen molar-refractivity contribution in [3.8, 4) is 5.75 Å². The Morgan fingerprint density at radius 3 is 2.48 bits per heavy atom. The lowest BCUT2D eigenvalue weighted by Gasteiger charge is -2.24. The molecule has 1 aromatic heterocycles. The van der Waals surface area contributed by atoms with Crippen LogP contribution in [0.25, 0.3) is 10.9 Å². The molecule has 0 aliphatic rings. The van der Waals surface area contributed by atoms with Gasteiger partial charge >= 0.3 is 6.09 Å². The van der Waals surface area contributed by atoms with Crippen LogP contribution in [0, 0.1) is 0 Å². The summed E-state index contributed by atoms with van der Waals surface area (Å²) in [7, 11) is 1.70. The SMILES string of the molecule is CC(=O)Nc1ccc2ccc(COc3cc(Br)cc(CN(C)C(=O)OC(C)(C)C)c3)cc2n1. The normalized spacial score (nSPS) is 11.2. The Morgan fingerprint density at radius 2 is 1.79 bits per heavy atom. The Kier molecular flexibility index (Phi) is 7.58. The van der Waals surface area contributed by atoms with Gasteiger partial charge in [0.05, 0.1) is 5.52 Å². The highest BCUT2D eigenvalue weighted by molar-refractivity contribution is 9.10. The van der Waals surface area contributed by atoms with Gasteiger partial charge in [0.1, 0.15) is 23.8 Å². The van der Waals surface area contributed by atoms with Gasteiger partial charge in [-0.1, -0.05) is 28.1 Å². The molecule has 174 valence electrons. The third-order valence-corrected chi connectivity index (χ3v) is 4.98. The van der Waals surface area contributed by atoms with Crippen molar-refractivity contribution in [1.82, 2.24) is 9.88 Å². The van der Waals surface area contributed by atoms with E-state index in [0.717, 1.165) is 26.5 Å². The molecule has 0 atom stereocenters. The molecule has 2 aromatic carbocycles. The first-order chi connectivity index (χ1) is 15.5. The monoisotopic (exact) mass is 513 g/mol. The van der Waals surface area contributed by atoms with Gasteiger partial charge in [0.2, 0.25) is 5.91 Å². The lowest BCUT2D eigenvalue weighted by molar-refractivity contribution is -0.114. The minimum Gasteiger partial charge on any atom is -0.489 e. The predicted molar refractivity (Wildman–Crippen MR) is 132 cm³/mol. The minimum absolute atomic E-state index is 0.163. The molecular formula is C25H28BrN3O4. The Morgan fingerprint density at radius 1 is 1.06 bits per heavy atom. The molecule has 0 saturated heterocycles. The number of carbonyl (C=O) groups is 2. The van der Waals surface area contributed by atoms with E-state index in [1.165, 1.54) is 11.8 Å². The summed E-state index contributed by atoms with van der Waals surface area (Å²) in [5.41, 5.74) is 2.08. The second kappa shape index (κ2) is 10.2. The number of amides is 2. The fraction of sp³-hybridized carbons (Fsp3) is 0.320. The van der Waals surface area contributed by atoms with E-state index in [4.69, 9.17) is 9.47 Å². The van der Waals surface area contributed by atoms with Crippen LogP contribution in [0.2, 0.25) is 0 Å². The smallest absolute Gasteiger partial charge is 0.410 e. The third kappa shape index (κ3) is 7.46. The zero-order valence-electron chi connectivity index (χ0n) is 19.4. The number of anilines is 1.